The molecular weight excluding hydrogens is 328 g/mol. The SMILES string of the molecule is CNCCc1[nH]c2nc3ccc(C(C)(C)C)cc3n2c1Br. The van der Waals surface area contributed by atoms with E-state index in [9.17, 15) is 0 Å². The number of rotatable bonds is 3. The Balaban J connectivity index is 2.19. The van der Waals surface area contributed by atoms with Gasteiger partial charge in [0, 0.05) is 13.0 Å². The zero-order valence-corrected chi connectivity index (χ0v) is 14.5. The number of hydrogen-bond donors (Lipinski definition) is 2. The van der Waals surface area contributed by atoms with Crippen LogP contribution in [0.1, 0.15) is 32.0 Å². The Bertz CT molecular complexity index is 792. The van der Waals surface area contributed by atoms with E-state index in [0.29, 0.717) is 0 Å². The van der Waals surface area contributed by atoms with Gasteiger partial charge in [0.2, 0.25) is 5.78 Å². The van der Waals surface area contributed by atoms with Gasteiger partial charge < -0.3 is 10.3 Å². The average molecular weight is 349 g/mol. The van der Waals surface area contributed by atoms with Crippen LogP contribution in [0.25, 0.3) is 16.8 Å². The van der Waals surface area contributed by atoms with Gasteiger partial charge in [-0.05, 0) is 46.1 Å². The van der Waals surface area contributed by atoms with E-state index in [2.05, 4.69) is 74.6 Å². The third-order valence-corrected chi connectivity index (χ3v) is 4.69. The van der Waals surface area contributed by atoms with E-state index >= 15 is 0 Å². The average Bonchev–Trinajstić information content (AvgIpc) is 2.92. The number of fused-ring (bicyclic) bond motifs is 3. The summed E-state index contributed by atoms with van der Waals surface area (Å²) < 4.78 is 3.23. The molecule has 0 fully saturated rings. The van der Waals surface area contributed by atoms with E-state index in [0.717, 1.165) is 34.4 Å². The number of imidazole rings is 2. The minimum atomic E-state index is 0.135. The van der Waals surface area contributed by atoms with Crippen LogP contribution in [0.5, 0.6) is 0 Å². The molecular formula is C16H21BrN4. The van der Waals surface area contributed by atoms with Crippen molar-refractivity contribution < 1.29 is 0 Å². The topological polar surface area (TPSA) is 45.1 Å². The molecule has 5 heteroatoms. The van der Waals surface area contributed by atoms with Gasteiger partial charge >= 0.3 is 0 Å². The monoisotopic (exact) mass is 348 g/mol. The van der Waals surface area contributed by atoms with E-state index in [1.165, 1.54) is 11.3 Å². The van der Waals surface area contributed by atoms with Crippen LogP contribution in [0.2, 0.25) is 0 Å². The minimum absolute atomic E-state index is 0.135. The predicted octanol–water partition coefficient (Wildman–Crippen LogP) is 3.64. The second-order valence-electron chi connectivity index (χ2n) is 6.47. The normalized spacial score (nSPS) is 12.6. The van der Waals surface area contributed by atoms with Gasteiger partial charge in [0.25, 0.3) is 0 Å². The molecule has 0 aliphatic heterocycles. The first-order valence-electron chi connectivity index (χ1n) is 7.25. The summed E-state index contributed by atoms with van der Waals surface area (Å²) in [7, 11) is 1.97. The van der Waals surface area contributed by atoms with Crippen molar-refractivity contribution in [2.45, 2.75) is 32.6 Å². The Labute approximate surface area is 133 Å². The maximum Gasteiger partial charge on any atom is 0.213 e. The molecule has 2 aromatic heterocycles. The third kappa shape index (κ3) is 2.49. The number of halogens is 1. The summed E-state index contributed by atoms with van der Waals surface area (Å²) >= 11 is 3.72. The number of likely N-dealkylation sites (N-methyl/N-ethyl adjacent to an activating group) is 1. The number of aromatic nitrogens is 3. The summed E-state index contributed by atoms with van der Waals surface area (Å²) in [6.45, 7) is 7.64. The molecule has 112 valence electrons. The first-order chi connectivity index (χ1) is 9.91. The van der Waals surface area contributed by atoms with Crippen molar-refractivity contribution in [2.24, 2.45) is 0 Å². The Morgan fingerprint density at radius 1 is 1.33 bits per heavy atom. The molecule has 3 aromatic rings. The van der Waals surface area contributed by atoms with Gasteiger partial charge in [-0.1, -0.05) is 26.8 Å². The number of nitrogens with one attached hydrogen (secondary N) is 2. The zero-order chi connectivity index (χ0) is 15.2. The molecule has 0 aliphatic rings. The molecule has 0 amide bonds. The number of aromatic amines is 1. The van der Waals surface area contributed by atoms with E-state index in [1.54, 1.807) is 0 Å². The first-order valence-corrected chi connectivity index (χ1v) is 8.05. The van der Waals surface area contributed by atoms with Crippen LogP contribution in [0.3, 0.4) is 0 Å². The van der Waals surface area contributed by atoms with Crippen LogP contribution in [0.4, 0.5) is 0 Å². The molecule has 21 heavy (non-hydrogen) atoms. The molecule has 0 spiro atoms. The van der Waals surface area contributed by atoms with Gasteiger partial charge in [-0.25, -0.2) is 4.98 Å². The van der Waals surface area contributed by atoms with Crippen LogP contribution >= 0.6 is 15.9 Å². The Hall–Kier alpha value is -1.33. The molecule has 0 bridgehead atoms. The largest absolute Gasteiger partial charge is 0.326 e. The number of nitrogens with zero attached hydrogens (tertiary/aromatic N) is 2. The Morgan fingerprint density at radius 3 is 2.76 bits per heavy atom. The summed E-state index contributed by atoms with van der Waals surface area (Å²) in [5.74, 6) is 0.897. The maximum atomic E-state index is 4.68. The fourth-order valence-corrected chi connectivity index (χ4v) is 3.22. The highest BCUT2D eigenvalue weighted by atomic mass is 79.9. The third-order valence-electron chi connectivity index (χ3n) is 3.85. The van der Waals surface area contributed by atoms with Crippen LogP contribution in [0.15, 0.2) is 22.8 Å². The molecule has 1 aromatic carbocycles. The molecule has 0 saturated carbocycles. The van der Waals surface area contributed by atoms with E-state index < -0.39 is 0 Å². The van der Waals surface area contributed by atoms with Gasteiger partial charge in [-0.3, -0.25) is 4.40 Å². The van der Waals surface area contributed by atoms with Crippen LogP contribution < -0.4 is 5.32 Å². The summed E-state index contributed by atoms with van der Waals surface area (Å²) in [5, 5.41) is 3.18. The Morgan fingerprint density at radius 2 is 2.10 bits per heavy atom. The van der Waals surface area contributed by atoms with Gasteiger partial charge in [0.1, 0.15) is 4.60 Å². The van der Waals surface area contributed by atoms with Crippen molar-refractivity contribution in [3.63, 3.8) is 0 Å². The van der Waals surface area contributed by atoms with Crippen molar-refractivity contribution in [1.29, 1.82) is 0 Å². The van der Waals surface area contributed by atoms with Crippen LogP contribution in [0, 0.1) is 0 Å². The lowest BCUT2D eigenvalue weighted by atomic mass is 9.87. The lowest BCUT2D eigenvalue weighted by Crippen LogP contribution is -2.11. The first kappa shape index (κ1) is 14.6. The predicted molar refractivity (Wildman–Crippen MR) is 91.1 cm³/mol. The summed E-state index contributed by atoms with van der Waals surface area (Å²) in [6.07, 6.45) is 0.945. The summed E-state index contributed by atoms with van der Waals surface area (Å²) in [4.78, 5) is 8.10. The van der Waals surface area contributed by atoms with Crippen molar-refractivity contribution >= 4 is 32.7 Å². The maximum absolute atomic E-state index is 4.68. The zero-order valence-electron chi connectivity index (χ0n) is 12.9. The van der Waals surface area contributed by atoms with E-state index in [1.807, 2.05) is 7.05 Å². The highest BCUT2D eigenvalue weighted by Crippen LogP contribution is 2.29. The summed E-state index contributed by atoms with van der Waals surface area (Å²) in [5.41, 5.74) is 4.80. The van der Waals surface area contributed by atoms with Crippen molar-refractivity contribution in [3.05, 3.63) is 34.1 Å². The molecule has 0 saturated heterocycles. The molecule has 4 nitrogen and oxygen atoms in total. The molecule has 0 unspecified atom stereocenters. The lowest BCUT2D eigenvalue weighted by Gasteiger charge is -2.18. The van der Waals surface area contributed by atoms with Gasteiger partial charge in [0.15, 0.2) is 0 Å². The van der Waals surface area contributed by atoms with E-state index in [4.69, 9.17) is 0 Å². The molecule has 0 aliphatic carbocycles. The second kappa shape index (κ2) is 5.14. The fraction of sp³-hybridized carbons (Fsp3) is 0.438. The number of H-pyrrole nitrogens is 1. The smallest absolute Gasteiger partial charge is 0.213 e. The van der Waals surface area contributed by atoms with Crippen molar-refractivity contribution in [2.75, 3.05) is 13.6 Å². The van der Waals surface area contributed by atoms with Gasteiger partial charge in [0.05, 0.1) is 16.7 Å². The fourth-order valence-electron chi connectivity index (χ4n) is 2.56. The molecule has 0 radical (unpaired) electrons. The quantitative estimate of drug-likeness (QED) is 0.758. The van der Waals surface area contributed by atoms with Crippen LogP contribution in [-0.2, 0) is 11.8 Å². The number of hydrogen-bond acceptors (Lipinski definition) is 2. The summed E-state index contributed by atoms with van der Waals surface area (Å²) in [6, 6.07) is 6.52. The molecule has 0 atom stereocenters. The standard InChI is InChI=1S/C16H21BrN4/c1-16(2,3)10-5-6-11-13(9-10)21-14(17)12(7-8-18-4)20-15(21)19-11/h5-6,9,18H,7-8H2,1-4H3,(H,19,20). The Kier molecular flexibility index (Phi) is 3.58. The minimum Gasteiger partial charge on any atom is -0.326 e. The number of benzene rings is 1. The molecule has 3 rings (SSSR count). The van der Waals surface area contributed by atoms with Crippen molar-refractivity contribution in [3.8, 4) is 0 Å². The van der Waals surface area contributed by atoms with E-state index in [-0.39, 0.29) is 5.41 Å². The van der Waals surface area contributed by atoms with Gasteiger partial charge in [-0.15, -0.1) is 0 Å². The van der Waals surface area contributed by atoms with Gasteiger partial charge in [-0.2, -0.15) is 0 Å². The molecule has 2 N–H and O–H groups in total. The molecule has 2 heterocycles. The highest BCUT2D eigenvalue weighted by molar-refractivity contribution is 9.10. The van der Waals surface area contributed by atoms with Crippen LogP contribution in [-0.4, -0.2) is 28.0 Å². The highest BCUT2D eigenvalue weighted by Gasteiger charge is 2.18. The van der Waals surface area contributed by atoms with Crippen molar-refractivity contribution in [1.82, 2.24) is 19.7 Å². The second-order valence-corrected chi connectivity index (χ2v) is 7.22. The lowest BCUT2D eigenvalue weighted by molar-refractivity contribution is 0.591.